The molecule has 0 saturated carbocycles. The Kier molecular flexibility index (Phi) is 5.61. The zero-order valence-corrected chi connectivity index (χ0v) is 18.1. The van der Waals surface area contributed by atoms with Crippen LogP contribution in [0.1, 0.15) is 63.5 Å². The summed E-state index contributed by atoms with van der Waals surface area (Å²) in [5, 5.41) is 3.96. The third-order valence-corrected chi connectivity index (χ3v) is 7.81. The second-order valence-electron chi connectivity index (χ2n) is 8.45. The minimum Gasteiger partial charge on any atom is -0.378 e. The fourth-order valence-electron chi connectivity index (χ4n) is 5.03. The first-order valence-corrected chi connectivity index (χ1v) is 11.9. The van der Waals surface area contributed by atoms with Crippen LogP contribution in [-0.4, -0.2) is 43.0 Å². The normalized spacial score (nSPS) is 20.9. The van der Waals surface area contributed by atoms with Crippen molar-refractivity contribution in [3.63, 3.8) is 0 Å². The molecule has 3 aliphatic rings. The number of ether oxygens (including phenoxy) is 1. The molecule has 6 heteroatoms. The number of anilines is 1. The molecule has 1 fully saturated rings. The summed E-state index contributed by atoms with van der Waals surface area (Å²) in [7, 11) is 0. The summed E-state index contributed by atoms with van der Waals surface area (Å²) in [6.45, 7) is 2.40. The molecule has 1 atom stereocenters. The van der Waals surface area contributed by atoms with E-state index in [0.717, 1.165) is 61.1 Å². The van der Waals surface area contributed by atoms with Gasteiger partial charge in [0.2, 0.25) is 5.91 Å². The number of thiophene rings is 1. The van der Waals surface area contributed by atoms with Gasteiger partial charge < -0.3 is 15.0 Å². The van der Waals surface area contributed by atoms with Gasteiger partial charge in [-0.15, -0.1) is 11.3 Å². The molecule has 5 rings (SSSR count). The molecular weight excluding hydrogens is 396 g/mol. The molecule has 30 heavy (non-hydrogen) atoms. The van der Waals surface area contributed by atoms with Gasteiger partial charge in [-0.1, -0.05) is 24.3 Å². The van der Waals surface area contributed by atoms with Crippen LogP contribution in [-0.2, 0) is 28.8 Å². The average Bonchev–Trinajstić information content (AvgIpc) is 3.16. The van der Waals surface area contributed by atoms with Gasteiger partial charge >= 0.3 is 0 Å². The van der Waals surface area contributed by atoms with Gasteiger partial charge in [0.1, 0.15) is 5.00 Å². The van der Waals surface area contributed by atoms with E-state index in [2.05, 4.69) is 17.4 Å². The van der Waals surface area contributed by atoms with Crippen molar-refractivity contribution in [1.82, 2.24) is 4.90 Å². The van der Waals surface area contributed by atoms with Crippen LogP contribution in [0.15, 0.2) is 24.3 Å². The second-order valence-corrected chi connectivity index (χ2v) is 9.56. The van der Waals surface area contributed by atoms with Crippen molar-refractivity contribution in [2.24, 2.45) is 0 Å². The number of nitrogens with one attached hydrogen (secondary N) is 1. The van der Waals surface area contributed by atoms with Gasteiger partial charge in [-0.2, -0.15) is 0 Å². The highest BCUT2D eigenvalue weighted by molar-refractivity contribution is 7.17. The molecule has 0 radical (unpaired) electrons. The third kappa shape index (κ3) is 3.67. The van der Waals surface area contributed by atoms with Gasteiger partial charge in [-0.25, -0.2) is 0 Å². The number of amides is 2. The van der Waals surface area contributed by atoms with E-state index < -0.39 is 0 Å². The van der Waals surface area contributed by atoms with Crippen molar-refractivity contribution in [2.75, 3.05) is 31.6 Å². The van der Waals surface area contributed by atoms with E-state index in [-0.39, 0.29) is 17.7 Å². The molecule has 2 heterocycles. The number of benzene rings is 1. The van der Waals surface area contributed by atoms with E-state index in [1.54, 1.807) is 11.3 Å². The maximum atomic E-state index is 13.4. The minimum absolute atomic E-state index is 0.0248. The molecule has 0 unspecified atom stereocenters. The number of fused-ring (bicyclic) bond motifs is 2. The Morgan fingerprint density at radius 1 is 1.03 bits per heavy atom. The van der Waals surface area contributed by atoms with E-state index in [9.17, 15) is 9.59 Å². The summed E-state index contributed by atoms with van der Waals surface area (Å²) in [5.41, 5.74) is 4.33. The Morgan fingerprint density at radius 2 is 1.83 bits per heavy atom. The monoisotopic (exact) mass is 424 g/mol. The molecule has 0 bridgehead atoms. The largest absolute Gasteiger partial charge is 0.378 e. The average molecular weight is 425 g/mol. The Labute approximate surface area is 181 Å². The number of hydrogen-bond donors (Lipinski definition) is 1. The van der Waals surface area contributed by atoms with Crippen molar-refractivity contribution in [3.05, 3.63) is 51.4 Å². The van der Waals surface area contributed by atoms with Gasteiger partial charge in [-0.3, -0.25) is 9.59 Å². The number of morpholine rings is 1. The third-order valence-electron chi connectivity index (χ3n) is 6.61. The summed E-state index contributed by atoms with van der Waals surface area (Å²) in [5.74, 6) is -0.0609. The maximum Gasteiger partial charge on any atom is 0.257 e. The second kappa shape index (κ2) is 8.52. The highest BCUT2D eigenvalue weighted by Crippen LogP contribution is 2.40. The van der Waals surface area contributed by atoms with E-state index in [0.29, 0.717) is 26.3 Å². The molecule has 158 valence electrons. The Hall–Kier alpha value is -2.18. The van der Waals surface area contributed by atoms with Gasteiger partial charge in [0.25, 0.3) is 5.91 Å². The number of carbonyl (C=O) groups is 2. The predicted molar refractivity (Wildman–Crippen MR) is 118 cm³/mol. The van der Waals surface area contributed by atoms with Crippen LogP contribution in [0.4, 0.5) is 5.00 Å². The molecule has 1 aromatic carbocycles. The summed E-state index contributed by atoms with van der Waals surface area (Å²) in [6, 6.07) is 8.27. The zero-order valence-electron chi connectivity index (χ0n) is 17.2. The molecule has 1 aromatic heterocycles. The van der Waals surface area contributed by atoms with Crippen molar-refractivity contribution in [2.45, 2.75) is 50.9 Å². The maximum absolute atomic E-state index is 13.4. The first-order valence-electron chi connectivity index (χ1n) is 11.1. The van der Waals surface area contributed by atoms with Crippen LogP contribution in [0.5, 0.6) is 0 Å². The Bertz CT molecular complexity index is 961. The molecule has 5 nitrogen and oxygen atoms in total. The minimum atomic E-state index is -0.139. The van der Waals surface area contributed by atoms with Crippen molar-refractivity contribution in [1.29, 1.82) is 0 Å². The van der Waals surface area contributed by atoms with E-state index in [4.69, 9.17) is 4.74 Å². The van der Waals surface area contributed by atoms with Gasteiger partial charge in [0.05, 0.1) is 24.7 Å². The van der Waals surface area contributed by atoms with E-state index >= 15 is 0 Å². The number of nitrogens with zero attached hydrogens (tertiary/aromatic N) is 1. The van der Waals surface area contributed by atoms with Crippen molar-refractivity contribution < 1.29 is 14.3 Å². The van der Waals surface area contributed by atoms with E-state index in [1.165, 1.54) is 16.0 Å². The first kappa shape index (κ1) is 19.8. The SMILES string of the molecule is O=C(Nc1sc2c(c1C(=O)N1CCOCC1)CCCC2)[C@H]1CCCc2ccccc21. The standard InChI is InChI=1S/C24H28N2O3S/c27-22(18-10-5-7-16-6-1-2-8-17(16)18)25-23-21(19-9-3-4-11-20(19)30-23)24(28)26-12-14-29-15-13-26/h1-2,6,8,18H,3-5,7,9-15H2,(H,25,27)/t18-/m0/s1. The quantitative estimate of drug-likeness (QED) is 0.805. The first-order chi connectivity index (χ1) is 14.7. The summed E-state index contributed by atoms with van der Waals surface area (Å²) in [4.78, 5) is 29.9. The summed E-state index contributed by atoms with van der Waals surface area (Å²) < 4.78 is 5.43. The lowest BCUT2D eigenvalue weighted by Crippen LogP contribution is -2.41. The molecule has 0 spiro atoms. The fourth-order valence-corrected chi connectivity index (χ4v) is 6.31. The Balaban J connectivity index is 1.45. The van der Waals surface area contributed by atoms with Crippen molar-refractivity contribution >= 4 is 28.2 Å². The molecule has 2 amide bonds. The Morgan fingerprint density at radius 3 is 2.70 bits per heavy atom. The lowest BCUT2D eigenvalue weighted by Gasteiger charge is -2.28. The lowest BCUT2D eigenvalue weighted by atomic mass is 9.82. The molecule has 2 aliphatic carbocycles. The molecular formula is C24H28N2O3S. The topological polar surface area (TPSA) is 58.6 Å². The van der Waals surface area contributed by atoms with Crippen molar-refractivity contribution in [3.8, 4) is 0 Å². The highest BCUT2D eigenvalue weighted by Gasteiger charge is 2.32. The smallest absolute Gasteiger partial charge is 0.257 e. The van der Waals surface area contributed by atoms with Crippen LogP contribution in [0, 0.1) is 0 Å². The van der Waals surface area contributed by atoms with Crippen LogP contribution in [0.2, 0.25) is 0 Å². The highest BCUT2D eigenvalue weighted by atomic mass is 32.1. The van der Waals surface area contributed by atoms with Gasteiger partial charge in [0, 0.05) is 18.0 Å². The van der Waals surface area contributed by atoms with Gasteiger partial charge in [-0.05, 0) is 61.6 Å². The molecule has 1 saturated heterocycles. The van der Waals surface area contributed by atoms with Crippen LogP contribution < -0.4 is 5.32 Å². The number of carbonyl (C=O) groups excluding carboxylic acids is 2. The zero-order chi connectivity index (χ0) is 20.5. The fraction of sp³-hybridized carbons (Fsp3) is 0.500. The molecule has 1 N–H and O–H groups in total. The number of rotatable bonds is 3. The van der Waals surface area contributed by atoms with Gasteiger partial charge in [0.15, 0.2) is 0 Å². The van der Waals surface area contributed by atoms with Crippen LogP contribution in [0.3, 0.4) is 0 Å². The summed E-state index contributed by atoms with van der Waals surface area (Å²) in [6.07, 6.45) is 7.12. The predicted octanol–water partition coefficient (Wildman–Crippen LogP) is 4.16. The number of aryl methyl sites for hydroxylation is 2. The number of hydrogen-bond acceptors (Lipinski definition) is 4. The van der Waals surface area contributed by atoms with E-state index in [1.807, 2.05) is 17.0 Å². The van der Waals surface area contributed by atoms with Crippen LogP contribution in [0.25, 0.3) is 0 Å². The summed E-state index contributed by atoms with van der Waals surface area (Å²) >= 11 is 1.62. The molecule has 2 aromatic rings. The molecule has 1 aliphatic heterocycles. The lowest BCUT2D eigenvalue weighted by molar-refractivity contribution is -0.117. The van der Waals surface area contributed by atoms with Crippen LogP contribution >= 0.6 is 11.3 Å².